The summed E-state index contributed by atoms with van der Waals surface area (Å²) < 4.78 is 0.890. The molecule has 0 unspecified atom stereocenters. The Labute approximate surface area is 159 Å². The molecule has 7 nitrogen and oxygen atoms in total. The van der Waals surface area contributed by atoms with Crippen LogP contribution in [-0.2, 0) is 9.59 Å². The number of hydrogen-bond acceptors (Lipinski definition) is 7. The SMILES string of the molecule is Cc1nnc(SC[C@H]2CCC[C@H]3C2=C(C(=O)O)N2C(=O)[C@H]([C@@H](C)O)[C@@H]32)s1. The number of carbonyl (C=O) groups is 2. The molecule has 1 amide bonds. The summed E-state index contributed by atoms with van der Waals surface area (Å²) in [5, 5.41) is 28.8. The molecule has 5 atom stereocenters. The number of aryl methyl sites for hydroxylation is 1. The maximum absolute atomic E-state index is 12.5. The summed E-state index contributed by atoms with van der Waals surface area (Å²) in [6, 6.07) is -0.194. The maximum Gasteiger partial charge on any atom is 0.352 e. The number of aromatic nitrogens is 2. The van der Waals surface area contributed by atoms with E-state index in [1.54, 1.807) is 18.7 Å². The molecule has 3 heterocycles. The molecule has 0 aromatic carbocycles. The van der Waals surface area contributed by atoms with Crippen LogP contribution < -0.4 is 0 Å². The van der Waals surface area contributed by atoms with Crippen LogP contribution in [0.25, 0.3) is 0 Å². The van der Waals surface area contributed by atoms with E-state index in [9.17, 15) is 19.8 Å². The third kappa shape index (κ3) is 2.68. The second kappa shape index (κ2) is 6.61. The van der Waals surface area contributed by atoms with Crippen molar-refractivity contribution in [1.82, 2.24) is 15.1 Å². The lowest BCUT2D eigenvalue weighted by Gasteiger charge is -2.47. The smallest absolute Gasteiger partial charge is 0.352 e. The maximum atomic E-state index is 12.5. The van der Waals surface area contributed by atoms with Crippen LogP contribution in [0.3, 0.4) is 0 Å². The van der Waals surface area contributed by atoms with Gasteiger partial charge in [0.05, 0.1) is 18.1 Å². The van der Waals surface area contributed by atoms with Crippen LogP contribution in [0.15, 0.2) is 15.6 Å². The van der Waals surface area contributed by atoms with E-state index >= 15 is 0 Å². The first-order chi connectivity index (χ1) is 12.4. The van der Waals surface area contributed by atoms with Crippen molar-refractivity contribution >= 4 is 35.0 Å². The molecule has 1 aromatic rings. The van der Waals surface area contributed by atoms with E-state index in [2.05, 4.69) is 10.2 Å². The van der Waals surface area contributed by atoms with E-state index in [-0.39, 0.29) is 29.5 Å². The second-order valence-electron chi connectivity index (χ2n) is 7.21. The Hall–Kier alpha value is -1.45. The number of amides is 1. The molecular formula is C17H21N3O4S2. The Bertz CT molecular complexity index is 791. The first-order valence-corrected chi connectivity index (χ1v) is 10.6. The van der Waals surface area contributed by atoms with Crippen LogP contribution in [0, 0.1) is 24.7 Å². The van der Waals surface area contributed by atoms with Crippen LogP contribution in [0.2, 0.25) is 0 Å². The van der Waals surface area contributed by atoms with Crippen LogP contribution in [-0.4, -0.2) is 55.1 Å². The highest BCUT2D eigenvalue weighted by molar-refractivity contribution is 8.01. The Morgan fingerprint density at radius 2 is 2.19 bits per heavy atom. The van der Waals surface area contributed by atoms with E-state index in [4.69, 9.17) is 0 Å². The summed E-state index contributed by atoms with van der Waals surface area (Å²) >= 11 is 3.14. The van der Waals surface area contributed by atoms with Gasteiger partial charge in [-0.2, -0.15) is 0 Å². The number of thioether (sulfide) groups is 1. The van der Waals surface area contributed by atoms with Gasteiger partial charge >= 0.3 is 5.97 Å². The predicted molar refractivity (Wildman–Crippen MR) is 96.7 cm³/mol. The zero-order valence-electron chi connectivity index (χ0n) is 14.6. The van der Waals surface area contributed by atoms with Crippen molar-refractivity contribution in [3.8, 4) is 0 Å². The van der Waals surface area contributed by atoms with Crippen molar-refractivity contribution in [2.24, 2.45) is 17.8 Å². The molecule has 0 spiro atoms. The lowest BCUT2D eigenvalue weighted by atomic mass is 9.70. The summed E-state index contributed by atoms with van der Waals surface area (Å²) in [5.74, 6) is -0.866. The number of aliphatic hydroxyl groups is 1. The highest BCUT2D eigenvalue weighted by Crippen LogP contribution is 2.54. The minimum atomic E-state index is -1.03. The van der Waals surface area contributed by atoms with E-state index in [0.29, 0.717) is 0 Å². The molecule has 26 heavy (non-hydrogen) atoms. The Kier molecular flexibility index (Phi) is 4.56. The minimum absolute atomic E-state index is 0.0499. The van der Waals surface area contributed by atoms with Crippen molar-refractivity contribution in [2.75, 3.05) is 5.75 Å². The van der Waals surface area contributed by atoms with Crippen molar-refractivity contribution < 1.29 is 19.8 Å². The second-order valence-corrected chi connectivity index (χ2v) is 9.66. The molecule has 3 aliphatic rings. The number of nitrogens with zero attached hydrogens (tertiary/aromatic N) is 3. The molecule has 1 aromatic heterocycles. The van der Waals surface area contributed by atoms with Crippen LogP contribution in [0.4, 0.5) is 0 Å². The number of aliphatic hydroxyl groups excluding tert-OH is 1. The lowest BCUT2D eigenvalue weighted by Crippen LogP contribution is -2.64. The molecule has 1 saturated carbocycles. The Balaban J connectivity index is 1.62. The first kappa shape index (κ1) is 17.9. The summed E-state index contributed by atoms with van der Waals surface area (Å²) in [7, 11) is 0. The Morgan fingerprint density at radius 1 is 1.42 bits per heavy atom. The zero-order chi connectivity index (χ0) is 18.6. The summed E-state index contributed by atoms with van der Waals surface area (Å²) in [5.41, 5.74) is 1.07. The number of carboxylic acid groups (broad SMARTS) is 1. The molecule has 2 aliphatic heterocycles. The standard InChI is InChI=1S/C17H21N3O4S2/c1-7(21)11-13-10-5-3-4-9(6-25-17-19-18-8(2)26-17)12(10)14(16(23)24)20(13)15(11)22/h7,9-11,13,21H,3-6H2,1-2H3,(H,23,24)/t7-,9-,10+,11-,13-/m1/s1. The number of carboxylic acids is 1. The number of hydrogen-bond donors (Lipinski definition) is 2. The number of carbonyl (C=O) groups excluding carboxylic acids is 1. The van der Waals surface area contributed by atoms with E-state index in [1.165, 1.54) is 16.2 Å². The van der Waals surface area contributed by atoms with Gasteiger partial charge in [0.1, 0.15) is 10.7 Å². The highest BCUT2D eigenvalue weighted by atomic mass is 32.2. The first-order valence-electron chi connectivity index (χ1n) is 8.81. The molecule has 9 heteroatoms. The van der Waals surface area contributed by atoms with Crippen LogP contribution in [0.5, 0.6) is 0 Å². The third-order valence-corrected chi connectivity index (χ3v) is 7.79. The van der Waals surface area contributed by atoms with Gasteiger partial charge in [0.15, 0.2) is 4.34 Å². The summed E-state index contributed by atoms with van der Waals surface area (Å²) in [6.45, 7) is 3.53. The fraction of sp³-hybridized carbons (Fsp3) is 0.647. The van der Waals surface area contributed by atoms with Gasteiger partial charge in [0.25, 0.3) is 0 Å². The molecular weight excluding hydrogens is 374 g/mol. The lowest BCUT2D eigenvalue weighted by molar-refractivity contribution is -0.163. The normalized spacial score (nSPS) is 31.5. The molecule has 0 bridgehead atoms. The number of rotatable bonds is 5. The summed E-state index contributed by atoms with van der Waals surface area (Å²) in [4.78, 5) is 25.9. The molecule has 2 fully saturated rings. The van der Waals surface area contributed by atoms with E-state index in [0.717, 1.165) is 39.9 Å². The van der Waals surface area contributed by atoms with Crippen molar-refractivity contribution in [3.05, 3.63) is 16.3 Å². The molecule has 1 saturated heterocycles. The van der Waals surface area contributed by atoms with Gasteiger partial charge in [0.2, 0.25) is 5.91 Å². The molecule has 1 aliphatic carbocycles. The van der Waals surface area contributed by atoms with Gasteiger partial charge in [0, 0.05) is 11.7 Å². The van der Waals surface area contributed by atoms with Gasteiger partial charge < -0.3 is 15.1 Å². The molecule has 0 radical (unpaired) electrons. The van der Waals surface area contributed by atoms with Gasteiger partial charge in [-0.25, -0.2) is 4.79 Å². The molecule has 2 N–H and O–H groups in total. The number of fused-ring (bicyclic) bond motifs is 3. The van der Waals surface area contributed by atoms with Crippen LogP contribution in [0.1, 0.15) is 31.2 Å². The highest BCUT2D eigenvalue weighted by Gasteiger charge is 2.62. The van der Waals surface area contributed by atoms with E-state index < -0.39 is 18.0 Å². The van der Waals surface area contributed by atoms with Crippen molar-refractivity contribution in [2.45, 2.75) is 49.6 Å². The molecule has 140 valence electrons. The minimum Gasteiger partial charge on any atom is -0.477 e. The fourth-order valence-electron chi connectivity index (χ4n) is 4.68. The Morgan fingerprint density at radius 3 is 2.81 bits per heavy atom. The fourth-order valence-corrected chi connectivity index (χ4v) is 6.69. The monoisotopic (exact) mass is 395 g/mol. The quantitative estimate of drug-likeness (QED) is 0.580. The summed E-state index contributed by atoms with van der Waals surface area (Å²) in [6.07, 6.45) is 2.05. The van der Waals surface area contributed by atoms with Crippen LogP contribution >= 0.6 is 23.1 Å². The topological polar surface area (TPSA) is 104 Å². The predicted octanol–water partition coefficient (Wildman–Crippen LogP) is 1.92. The number of β-lactam (4-membered cyclic amide) rings is 1. The zero-order valence-corrected chi connectivity index (χ0v) is 16.2. The number of aliphatic carboxylic acids is 1. The molecule has 4 rings (SSSR count). The van der Waals surface area contributed by atoms with Gasteiger partial charge in [-0.05, 0) is 38.2 Å². The largest absolute Gasteiger partial charge is 0.477 e. The van der Waals surface area contributed by atoms with Gasteiger partial charge in [-0.1, -0.05) is 29.5 Å². The van der Waals surface area contributed by atoms with Crippen molar-refractivity contribution in [1.29, 1.82) is 0 Å². The average molecular weight is 396 g/mol. The van der Waals surface area contributed by atoms with E-state index in [1.807, 2.05) is 6.92 Å². The van der Waals surface area contributed by atoms with Gasteiger partial charge in [-0.15, -0.1) is 10.2 Å². The average Bonchev–Trinajstić information content (AvgIpc) is 3.12. The van der Waals surface area contributed by atoms with Gasteiger partial charge in [-0.3, -0.25) is 4.79 Å². The third-order valence-electron chi connectivity index (χ3n) is 5.66. The van der Waals surface area contributed by atoms with Crippen molar-refractivity contribution in [3.63, 3.8) is 0 Å².